The first-order valence-electron chi connectivity index (χ1n) is 6.95. The van der Waals surface area contributed by atoms with Crippen LogP contribution in [0.25, 0.3) is 0 Å². The maximum Gasteiger partial charge on any atom is 0.261 e. The van der Waals surface area contributed by atoms with Crippen LogP contribution in [0.2, 0.25) is 0 Å². The Bertz CT molecular complexity index is 754. The first kappa shape index (κ1) is 14.6. The molecule has 1 N–H and O–H groups in total. The van der Waals surface area contributed by atoms with Gasteiger partial charge in [0, 0.05) is 10.2 Å². The molecule has 3 rings (SSSR count). The highest BCUT2D eigenvalue weighted by atomic mass is 79.9. The van der Waals surface area contributed by atoms with E-state index in [1.54, 1.807) is 18.2 Å². The van der Waals surface area contributed by atoms with Crippen molar-refractivity contribution in [2.24, 2.45) is 0 Å². The molecule has 0 radical (unpaired) electrons. The lowest BCUT2D eigenvalue weighted by Crippen LogP contribution is -2.14. The molecule has 0 atom stereocenters. The number of hydrogen-bond donors (Lipinski definition) is 1. The van der Waals surface area contributed by atoms with Crippen molar-refractivity contribution in [1.82, 2.24) is 0 Å². The first-order chi connectivity index (χ1) is 10.0. The largest absolute Gasteiger partial charge is 0.280 e. The van der Waals surface area contributed by atoms with E-state index in [9.17, 15) is 8.42 Å². The molecule has 0 unspecified atom stereocenters. The van der Waals surface area contributed by atoms with Crippen molar-refractivity contribution in [3.8, 4) is 0 Å². The lowest BCUT2D eigenvalue weighted by Gasteiger charge is -2.17. The third kappa shape index (κ3) is 3.30. The summed E-state index contributed by atoms with van der Waals surface area (Å²) in [6.07, 6.45) is 4.35. The molecular formula is C16H16BrNO2S. The minimum Gasteiger partial charge on any atom is -0.280 e. The normalized spacial score (nSPS) is 14.5. The first-order valence-corrected chi connectivity index (χ1v) is 9.22. The highest BCUT2D eigenvalue weighted by Gasteiger charge is 2.17. The molecule has 0 aromatic heterocycles. The summed E-state index contributed by atoms with van der Waals surface area (Å²) in [5.74, 6) is 0. The lowest BCUT2D eigenvalue weighted by atomic mass is 9.92. The minimum absolute atomic E-state index is 0.339. The predicted molar refractivity (Wildman–Crippen MR) is 88.0 cm³/mol. The molecule has 21 heavy (non-hydrogen) atoms. The third-order valence-corrected chi connectivity index (χ3v) is 5.63. The van der Waals surface area contributed by atoms with E-state index in [1.165, 1.54) is 17.5 Å². The van der Waals surface area contributed by atoms with Crippen LogP contribution < -0.4 is 4.72 Å². The van der Waals surface area contributed by atoms with Crippen LogP contribution in [0.3, 0.4) is 0 Å². The molecule has 0 heterocycles. The van der Waals surface area contributed by atoms with Gasteiger partial charge in [0.05, 0.1) is 4.90 Å². The van der Waals surface area contributed by atoms with Gasteiger partial charge in [0.25, 0.3) is 10.0 Å². The zero-order valence-corrected chi connectivity index (χ0v) is 13.9. The number of halogens is 1. The quantitative estimate of drug-likeness (QED) is 0.888. The number of hydrogen-bond acceptors (Lipinski definition) is 2. The molecule has 0 saturated carbocycles. The average molecular weight is 366 g/mol. The molecule has 0 saturated heterocycles. The second-order valence-electron chi connectivity index (χ2n) is 5.25. The number of rotatable bonds is 3. The third-order valence-electron chi connectivity index (χ3n) is 3.73. The minimum atomic E-state index is -3.52. The van der Waals surface area contributed by atoms with Crippen molar-refractivity contribution in [2.75, 3.05) is 4.72 Å². The van der Waals surface area contributed by atoms with E-state index in [0.717, 1.165) is 23.7 Å². The van der Waals surface area contributed by atoms with Crippen molar-refractivity contribution in [2.45, 2.75) is 30.6 Å². The molecule has 110 valence electrons. The Morgan fingerprint density at radius 3 is 2.29 bits per heavy atom. The van der Waals surface area contributed by atoms with Gasteiger partial charge in [-0.05, 0) is 73.2 Å². The second kappa shape index (κ2) is 5.81. The van der Waals surface area contributed by atoms with Gasteiger partial charge >= 0.3 is 0 Å². The summed E-state index contributed by atoms with van der Waals surface area (Å²) in [7, 11) is -3.52. The predicted octanol–water partition coefficient (Wildman–Crippen LogP) is 4.13. The van der Waals surface area contributed by atoms with Crippen LogP contribution in [0.1, 0.15) is 24.0 Å². The Kier molecular flexibility index (Phi) is 4.04. The van der Waals surface area contributed by atoms with Crippen LogP contribution in [0.4, 0.5) is 5.69 Å². The van der Waals surface area contributed by atoms with E-state index in [2.05, 4.69) is 20.7 Å². The fourth-order valence-electron chi connectivity index (χ4n) is 2.61. The molecule has 2 aromatic carbocycles. The number of fused-ring (bicyclic) bond motifs is 1. The number of sulfonamides is 1. The number of aryl methyl sites for hydroxylation is 2. The van der Waals surface area contributed by atoms with Gasteiger partial charge in [0.1, 0.15) is 0 Å². The van der Waals surface area contributed by atoms with Crippen molar-refractivity contribution in [1.29, 1.82) is 0 Å². The Labute approximate surface area is 133 Å². The van der Waals surface area contributed by atoms with Crippen molar-refractivity contribution in [3.05, 3.63) is 58.1 Å². The summed E-state index contributed by atoms with van der Waals surface area (Å²) in [6, 6.07) is 12.6. The summed E-state index contributed by atoms with van der Waals surface area (Å²) in [5.41, 5.74) is 3.01. The van der Waals surface area contributed by atoms with E-state index in [0.29, 0.717) is 10.6 Å². The summed E-state index contributed by atoms with van der Waals surface area (Å²) >= 11 is 3.33. The lowest BCUT2D eigenvalue weighted by molar-refractivity contribution is 0.600. The average Bonchev–Trinajstić information content (AvgIpc) is 2.49. The zero-order chi connectivity index (χ0) is 14.9. The van der Waals surface area contributed by atoms with Crippen LogP contribution in [0.15, 0.2) is 51.8 Å². The molecule has 0 amide bonds. The van der Waals surface area contributed by atoms with Gasteiger partial charge in [-0.25, -0.2) is 8.42 Å². The zero-order valence-electron chi connectivity index (χ0n) is 11.5. The fourth-order valence-corrected chi connectivity index (χ4v) is 3.98. The van der Waals surface area contributed by atoms with E-state index in [1.807, 2.05) is 24.3 Å². The van der Waals surface area contributed by atoms with E-state index >= 15 is 0 Å². The van der Waals surface area contributed by atoms with Gasteiger partial charge in [-0.1, -0.05) is 22.0 Å². The molecule has 5 heteroatoms. The van der Waals surface area contributed by atoms with Gasteiger partial charge in [-0.2, -0.15) is 0 Å². The number of anilines is 1. The Morgan fingerprint density at radius 2 is 1.57 bits per heavy atom. The molecule has 0 spiro atoms. The Balaban J connectivity index is 1.89. The van der Waals surface area contributed by atoms with Gasteiger partial charge < -0.3 is 0 Å². The summed E-state index contributed by atoms with van der Waals surface area (Å²) < 4.78 is 28.4. The van der Waals surface area contributed by atoms with Crippen LogP contribution >= 0.6 is 15.9 Å². The molecule has 0 aliphatic heterocycles. The molecule has 0 fully saturated rings. The number of benzene rings is 2. The monoisotopic (exact) mass is 365 g/mol. The van der Waals surface area contributed by atoms with Crippen LogP contribution in [-0.2, 0) is 22.9 Å². The van der Waals surface area contributed by atoms with Crippen molar-refractivity contribution in [3.63, 3.8) is 0 Å². The SMILES string of the molecule is O=S(=O)(Nc1ccc(Br)cc1)c1ccc2c(c1)CCCC2. The van der Waals surface area contributed by atoms with E-state index in [-0.39, 0.29) is 0 Å². The van der Waals surface area contributed by atoms with Gasteiger partial charge in [0.2, 0.25) is 0 Å². The van der Waals surface area contributed by atoms with Crippen molar-refractivity contribution < 1.29 is 8.42 Å². The summed E-state index contributed by atoms with van der Waals surface area (Å²) in [4.78, 5) is 0.339. The summed E-state index contributed by atoms with van der Waals surface area (Å²) in [5, 5.41) is 0. The Hall–Kier alpha value is -1.33. The second-order valence-corrected chi connectivity index (χ2v) is 7.85. The number of nitrogens with one attached hydrogen (secondary N) is 1. The molecule has 1 aliphatic rings. The fraction of sp³-hybridized carbons (Fsp3) is 0.250. The van der Waals surface area contributed by atoms with Crippen LogP contribution in [0, 0.1) is 0 Å². The van der Waals surface area contributed by atoms with Crippen LogP contribution in [0.5, 0.6) is 0 Å². The van der Waals surface area contributed by atoms with Gasteiger partial charge in [-0.3, -0.25) is 4.72 Å². The molecule has 2 aromatic rings. The Morgan fingerprint density at radius 1 is 0.905 bits per heavy atom. The molecule has 3 nitrogen and oxygen atoms in total. The standard InChI is InChI=1S/C16H16BrNO2S/c17-14-6-8-15(9-7-14)18-21(19,20)16-10-5-12-3-1-2-4-13(12)11-16/h5-11,18H,1-4H2. The van der Waals surface area contributed by atoms with E-state index in [4.69, 9.17) is 0 Å². The van der Waals surface area contributed by atoms with Crippen molar-refractivity contribution >= 4 is 31.6 Å². The topological polar surface area (TPSA) is 46.2 Å². The maximum absolute atomic E-state index is 12.4. The smallest absolute Gasteiger partial charge is 0.261 e. The molecular weight excluding hydrogens is 350 g/mol. The van der Waals surface area contributed by atoms with Gasteiger partial charge in [-0.15, -0.1) is 0 Å². The molecule has 1 aliphatic carbocycles. The van der Waals surface area contributed by atoms with Gasteiger partial charge in [0.15, 0.2) is 0 Å². The maximum atomic E-state index is 12.4. The highest BCUT2D eigenvalue weighted by Crippen LogP contribution is 2.25. The molecule has 0 bridgehead atoms. The van der Waals surface area contributed by atoms with Crippen LogP contribution in [-0.4, -0.2) is 8.42 Å². The highest BCUT2D eigenvalue weighted by molar-refractivity contribution is 9.10. The summed E-state index contributed by atoms with van der Waals surface area (Å²) in [6.45, 7) is 0. The van der Waals surface area contributed by atoms with E-state index < -0.39 is 10.0 Å².